The molecule has 0 bridgehead atoms. The summed E-state index contributed by atoms with van der Waals surface area (Å²) in [6.07, 6.45) is 0. The zero-order valence-electron chi connectivity index (χ0n) is 16.7. The van der Waals surface area contributed by atoms with Gasteiger partial charge in [0.25, 0.3) is 0 Å². The van der Waals surface area contributed by atoms with E-state index in [1.54, 1.807) is 12.3 Å². The molecule has 1 amide bonds. The number of esters is 1. The van der Waals surface area contributed by atoms with Gasteiger partial charge in [-0.25, -0.2) is 14.0 Å². The van der Waals surface area contributed by atoms with E-state index < -0.39 is 30.0 Å². The van der Waals surface area contributed by atoms with Crippen LogP contribution in [0.3, 0.4) is 0 Å². The first kappa shape index (κ1) is 21.7. The molecule has 0 aliphatic rings. The molecular weight excluding hydrogens is 457 g/mol. The molecule has 0 saturated carbocycles. The number of halogens is 1. The van der Waals surface area contributed by atoms with E-state index in [1.165, 1.54) is 46.9 Å². The second-order valence-corrected chi connectivity index (χ2v) is 8.26. The maximum atomic E-state index is 13.1. The highest BCUT2D eigenvalue weighted by Gasteiger charge is 2.24. The van der Waals surface area contributed by atoms with Crippen molar-refractivity contribution in [1.82, 2.24) is 9.78 Å². The summed E-state index contributed by atoms with van der Waals surface area (Å²) in [5.41, 5.74) is 1.31. The van der Waals surface area contributed by atoms with Crippen molar-refractivity contribution in [1.29, 1.82) is 0 Å². The molecule has 3 aromatic heterocycles. The number of hydrogen-bond donors (Lipinski definition) is 1. The lowest BCUT2D eigenvalue weighted by molar-refractivity contribution is -0.117. The summed E-state index contributed by atoms with van der Waals surface area (Å²) in [5.74, 6) is -2.44. The Morgan fingerprint density at radius 2 is 2.00 bits per heavy atom. The van der Waals surface area contributed by atoms with Crippen LogP contribution >= 0.6 is 22.7 Å². The summed E-state index contributed by atoms with van der Waals surface area (Å²) in [7, 11) is 0. The number of ether oxygens (including phenoxy) is 1. The molecule has 4 rings (SSSR count). The largest absolute Gasteiger partial charge is 0.462 e. The van der Waals surface area contributed by atoms with Gasteiger partial charge in [-0.15, -0.1) is 27.8 Å². The smallest absolute Gasteiger partial charge is 0.437 e. The second kappa shape index (κ2) is 9.28. The van der Waals surface area contributed by atoms with E-state index >= 15 is 0 Å². The molecule has 4 aromatic rings. The second-order valence-electron chi connectivity index (χ2n) is 6.44. The number of nitrogens with one attached hydrogen (secondary N) is 1. The van der Waals surface area contributed by atoms with Crippen molar-refractivity contribution < 1.29 is 23.1 Å². The summed E-state index contributed by atoms with van der Waals surface area (Å²) in [6.45, 7) is 1.45. The van der Waals surface area contributed by atoms with Gasteiger partial charge in [0.2, 0.25) is 11.8 Å². The van der Waals surface area contributed by atoms with Crippen molar-refractivity contribution in [2.75, 3.05) is 11.9 Å². The predicted molar refractivity (Wildman–Crippen MR) is 118 cm³/mol. The average Bonchev–Trinajstić information content (AvgIpc) is 3.49. The third kappa shape index (κ3) is 4.53. The molecule has 0 unspecified atom stereocenters. The first-order chi connectivity index (χ1) is 15.5. The van der Waals surface area contributed by atoms with Gasteiger partial charge in [-0.2, -0.15) is 4.68 Å². The minimum atomic E-state index is -0.837. The molecule has 0 atom stereocenters. The Labute approximate surface area is 188 Å². The third-order valence-corrected chi connectivity index (χ3v) is 6.10. The molecule has 0 spiro atoms. The van der Waals surface area contributed by atoms with Gasteiger partial charge in [-0.1, -0.05) is 6.07 Å². The van der Waals surface area contributed by atoms with Crippen molar-refractivity contribution in [3.63, 3.8) is 0 Å². The highest BCUT2D eigenvalue weighted by molar-refractivity contribution is 7.17. The fourth-order valence-corrected chi connectivity index (χ4v) is 4.67. The molecule has 8 nitrogen and oxygen atoms in total. The number of hydrogen-bond acceptors (Lipinski definition) is 8. The molecule has 0 fully saturated rings. The van der Waals surface area contributed by atoms with Crippen LogP contribution in [-0.2, 0) is 16.1 Å². The highest BCUT2D eigenvalue weighted by atomic mass is 32.1. The first-order valence-electron chi connectivity index (χ1n) is 9.42. The van der Waals surface area contributed by atoms with Crippen LogP contribution < -0.4 is 11.1 Å². The van der Waals surface area contributed by atoms with E-state index in [9.17, 15) is 18.8 Å². The van der Waals surface area contributed by atoms with Crippen molar-refractivity contribution in [2.24, 2.45) is 0 Å². The molecule has 0 aliphatic carbocycles. The van der Waals surface area contributed by atoms with E-state index in [2.05, 4.69) is 10.4 Å². The maximum absolute atomic E-state index is 13.1. The molecule has 1 aromatic carbocycles. The molecule has 11 heteroatoms. The topological polar surface area (TPSA) is 103 Å². The molecular formula is C21H16FN3O5S2. The lowest BCUT2D eigenvalue weighted by atomic mass is 10.1. The van der Waals surface area contributed by atoms with Crippen LogP contribution in [0.1, 0.15) is 17.3 Å². The molecule has 3 heterocycles. The number of anilines is 1. The molecule has 0 radical (unpaired) electrons. The monoisotopic (exact) mass is 473 g/mol. The number of nitrogens with zero attached hydrogens (tertiary/aromatic N) is 2. The molecule has 0 aliphatic heterocycles. The van der Waals surface area contributed by atoms with E-state index in [4.69, 9.17) is 9.15 Å². The average molecular weight is 474 g/mol. The number of aromatic nitrogens is 2. The van der Waals surface area contributed by atoms with Gasteiger partial charge < -0.3 is 14.5 Å². The number of carbonyl (C=O) groups is 2. The van der Waals surface area contributed by atoms with E-state index in [-0.39, 0.29) is 18.1 Å². The Kier molecular flexibility index (Phi) is 6.28. The van der Waals surface area contributed by atoms with Gasteiger partial charge >= 0.3 is 11.7 Å². The lowest BCUT2D eigenvalue weighted by Crippen LogP contribution is -2.26. The van der Waals surface area contributed by atoms with E-state index in [0.29, 0.717) is 16.1 Å². The maximum Gasteiger partial charge on any atom is 0.437 e. The Morgan fingerprint density at radius 1 is 1.22 bits per heavy atom. The molecule has 1 N–H and O–H groups in total. The van der Waals surface area contributed by atoms with Crippen LogP contribution in [0.5, 0.6) is 0 Å². The summed E-state index contributed by atoms with van der Waals surface area (Å²) in [6, 6.07) is 8.97. The summed E-state index contributed by atoms with van der Waals surface area (Å²) in [5, 5.41) is 10.6. The van der Waals surface area contributed by atoms with Crippen LogP contribution in [0.4, 0.5) is 9.39 Å². The van der Waals surface area contributed by atoms with Crippen molar-refractivity contribution in [2.45, 2.75) is 13.5 Å². The Balaban J connectivity index is 1.55. The normalized spacial score (nSPS) is 10.8. The summed E-state index contributed by atoms with van der Waals surface area (Å²) < 4.78 is 24.2. The number of rotatable bonds is 7. The number of carbonyl (C=O) groups excluding carboxylic acids is 2. The van der Waals surface area contributed by atoms with Crippen LogP contribution in [0, 0.1) is 5.82 Å². The quantitative estimate of drug-likeness (QED) is 0.403. The van der Waals surface area contributed by atoms with Gasteiger partial charge in [-0.3, -0.25) is 4.79 Å². The Hall–Kier alpha value is -3.57. The SMILES string of the molecule is CCOC(=O)c1c(-c2cccs2)csc1NC(=O)Cn1nc(-c2ccc(F)cc2)oc1=O. The number of thiophene rings is 2. The van der Waals surface area contributed by atoms with Gasteiger partial charge in [0, 0.05) is 21.4 Å². The number of benzene rings is 1. The van der Waals surface area contributed by atoms with Crippen LogP contribution in [0.15, 0.2) is 56.4 Å². The zero-order chi connectivity index (χ0) is 22.7. The van der Waals surface area contributed by atoms with E-state index in [0.717, 1.165) is 9.56 Å². The van der Waals surface area contributed by atoms with Crippen molar-refractivity contribution in [3.8, 4) is 21.9 Å². The lowest BCUT2D eigenvalue weighted by Gasteiger charge is -2.07. The van der Waals surface area contributed by atoms with Gasteiger partial charge in [0.15, 0.2) is 0 Å². The zero-order valence-corrected chi connectivity index (χ0v) is 18.3. The minimum Gasteiger partial charge on any atom is -0.462 e. The van der Waals surface area contributed by atoms with E-state index in [1.807, 2.05) is 17.5 Å². The van der Waals surface area contributed by atoms with Gasteiger partial charge in [-0.05, 0) is 42.6 Å². The fourth-order valence-electron chi connectivity index (χ4n) is 2.89. The third-order valence-electron chi connectivity index (χ3n) is 4.30. The molecule has 0 saturated heterocycles. The standard InChI is InChI=1S/C21H16FN3O5S2/c1-2-29-20(27)17-14(15-4-3-9-31-15)11-32-19(17)23-16(26)10-25-21(28)30-18(24-25)12-5-7-13(22)8-6-12/h3-9,11H,2,10H2,1H3,(H,23,26). The van der Waals surface area contributed by atoms with Gasteiger partial charge in [0.05, 0.1) is 6.61 Å². The number of amides is 1. The predicted octanol–water partition coefficient (Wildman–Crippen LogP) is 4.25. The molecule has 32 heavy (non-hydrogen) atoms. The Bertz CT molecular complexity index is 1310. The fraction of sp³-hybridized carbons (Fsp3) is 0.143. The molecule has 164 valence electrons. The van der Waals surface area contributed by atoms with Crippen LogP contribution in [-0.4, -0.2) is 28.3 Å². The highest BCUT2D eigenvalue weighted by Crippen LogP contribution is 2.38. The minimum absolute atomic E-state index is 0.0360. The van der Waals surface area contributed by atoms with Gasteiger partial charge in [0.1, 0.15) is 22.9 Å². The summed E-state index contributed by atoms with van der Waals surface area (Å²) in [4.78, 5) is 38.1. The van der Waals surface area contributed by atoms with Crippen LogP contribution in [0.25, 0.3) is 21.9 Å². The van der Waals surface area contributed by atoms with Crippen molar-refractivity contribution in [3.05, 3.63) is 69.1 Å². The van der Waals surface area contributed by atoms with Crippen molar-refractivity contribution >= 4 is 39.6 Å². The Morgan fingerprint density at radius 3 is 2.69 bits per heavy atom. The summed E-state index contributed by atoms with van der Waals surface area (Å²) >= 11 is 2.64. The first-order valence-corrected chi connectivity index (χ1v) is 11.2. The van der Waals surface area contributed by atoms with Crippen LogP contribution in [0.2, 0.25) is 0 Å².